The van der Waals surface area contributed by atoms with Gasteiger partial charge in [0.15, 0.2) is 0 Å². The van der Waals surface area contributed by atoms with Crippen molar-refractivity contribution in [1.82, 2.24) is 5.32 Å². The molecule has 23 heavy (non-hydrogen) atoms. The minimum absolute atomic E-state index is 0.0432. The molecule has 1 aromatic rings. The van der Waals surface area contributed by atoms with Gasteiger partial charge in [-0.25, -0.2) is 13.6 Å². The predicted molar refractivity (Wildman–Crippen MR) is 88.9 cm³/mol. The fourth-order valence-corrected chi connectivity index (χ4v) is 3.77. The van der Waals surface area contributed by atoms with Crippen molar-refractivity contribution >= 4 is 15.9 Å². The molecule has 1 saturated carbocycles. The second kappa shape index (κ2) is 7.42. The van der Waals surface area contributed by atoms with Crippen LogP contribution in [-0.2, 0) is 21.4 Å². The lowest BCUT2D eigenvalue weighted by atomic mass is 9.71. The van der Waals surface area contributed by atoms with Crippen molar-refractivity contribution in [2.24, 2.45) is 16.3 Å². The lowest BCUT2D eigenvalue weighted by Crippen LogP contribution is -2.38. The number of amides is 1. The van der Waals surface area contributed by atoms with Crippen molar-refractivity contribution in [2.75, 3.05) is 6.54 Å². The van der Waals surface area contributed by atoms with Crippen LogP contribution in [0.4, 0.5) is 0 Å². The molecule has 0 bridgehead atoms. The fraction of sp³-hybridized carbons (Fsp3) is 0.562. The van der Waals surface area contributed by atoms with E-state index in [9.17, 15) is 13.2 Å². The number of hydrogen-bond donors (Lipinski definition) is 3. The van der Waals surface area contributed by atoms with Crippen molar-refractivity contribution in [3.05, 3.63) is 29.8 Å². The van der Waals surface area contributed by atoms with Gasteiger partial charge in [0.05, 0.1) is 4.90 Å². The van der Waals surface area contributed by atoms with E-state index in [2.05, 4.69) is 5.32 Å². The van der Waals surface area contributed by atoms with Crippen molar-refractivity contribution in [3.63, 3.8) is 0 Å². The molecule has 0 radical (unpaired) electrons. The summed E-state index contributed by atoms with van der Waals surface area (Å²) in [5, 5.41) is 7.97. The zero-order chi connectivity index (χ0) is 16.9. The standard InChI is InChI=1S/C16H25N3O3S/c17-12-16(7-2-1-3-8-16)10-15(20)19-11-13-5-4-6-14(9-13)23(18,21)22/h4-6,9H,1-3,7-8,10-12,17H2,(H,19,20)(H2,18,21,22). The molecule has 1 fully saturated rings. The molecule has 0 heterocycles. The summed E-state index contributed by atoms with van der Waals surface area (Å²) in [5.74, 6) is -0.0432. The number of sulfonamides is 1. The second-order valence-corrected chi connectivity index (χ2v) is 7.97. The lowest BCUT2D eigenvalue weighted by Gasteiger charge is -2.35. The van der Waals surface area contributed by atoms with E-state index in [0.717, 1.165) is 25.7 Å². The average molecular weight is 339 g/mol. The quantitative estimate of drug-likeness (QED) is 0.723. The number of hydrogen-bond acceptors (Lipinski definition) is 4. The van der Waals surface area contributed by atoms with Crippen molar-refractivity contribution < 1.29 is 13.2 Å². The minimum atomic E-state index is -3.73. The fourth-order valence-electron chi connectivity index (χ4n) is 3.19. The van der Waals surface area contributed by atoms with Crippen LogP contribution in [0.2, 0.25) is 0 Å². The highest BCUT2D eigenvalue weighted by atomic mass is 32.2. The van der Waals surface area contributed by atoms with Gasteiger partial charge in [-0.2, -0.15) is 0 Å². The maximum Gasteiger partial charge on any atom is 0.238 e. The number of nitrogens with one attached hydrogen (secondary N) is 1. The molecule has 6 nitrogen and oxygen atoms in total. The Morgan fingerprint density at radius 2 is 1.91 bits per heavy atom. The number of rotatable bonds is 6. The first-order valence-corrected chi connectivity index (χ1v) is 9.48. The highest BCUT2D eigenvalue weighted by Crippen LogP contribution is 2.38. The highest BCUT2D eigenvalue weighted by molar-refractivity contribution is 7.89. The maximum atomic E-state index is 12.2. The van der Waals surface area contributed by atoms with E-state index >= 15 is 0 Å². The summed E-state index contributed by atoms with van der Waals surface area (Å²) in [6, 6.07) is 6.29. The molecule has 0 atom stereocenters. The molecule has 0 saturated heterocycles. The summed E-state index contributed by atoms with van der Waals surface area (Å²) in [4.78, 5) is 12.3. The molecular formula is C16H25N3O3S. The monoisotopic (exact) mass is 339 g/mol. The average Bonchev–Trinajstić information content (AvgIpc) is 2.53. The van der Waals surface area contributed by atoms with Gasteiger partial charge in [-0.1, -0.05) is 31.4 Å². The van der Waals surface area contributed by atoms with Crippen LogP contribution in [0.15, 0.2) is 29.2 Å². The Kier molecular flexibility index (Phi) is 5.78. The van der Waals surface area contributed by atoms with Crippen LogP contribution in [0.25, 0.3) is 0 Å². The Hall–Kier alpha value is -1.44. The van der Waals surface area contributed by atoms with E-state index in [1.165, 1.54) is 18.6 Å². The number of primary sulfonamides is 1. The minimum Gasteiger partial charge on any atom is -0.352 e. The molecule has 1 aliphatic carbocycles. The molecule has 1 aromatic carbocycles. The van der Waals surface area contributed by atoms with E-state index in [1.807, 2.05) is 0 Å². The zero-order valence-electron chi connectivity index (χ0n) is 13.3. The van der Waals surface area contributed by atoms with E-state index in [1.54, 1.807) is 12.1 Å². The Bertz CT molecular complexity index is 652. The topological polar surface area (TPSA) is 115 Å². The SMILES string of the molecule is NCC1(CC(=O)NCc2cccc(S(N)(=O)=O)c2)CCCCC1. The van der Waals surface area contributed by atoms with E-state index in [-0.39, 0.29) is 22.8 Å². The molecule has 1 aliphatic rings. The summed E-state index contributed by atoms with van der Waals surface area (Å²) < 4.78 is 22.7. The Balaban J connectivity index is 1.94. The summed E-state index contributed by atoms with van der Waals surface area (Å²) in [5.41, 5.74) is 6.53. The van der Waals surface area contributed by atoms with Gasteiger partial charge in [0.1, 0.15) is 0 Å². The van der Waals surface area contributed by atoms with Gasteiger partial charge in [0, 0.05) is 13.0 Å². The normalized spacial score (nSPS) is 17.7. The Morgan fingerprint density at radius 1 is 1.22 bits per heavy atom. The van der Waals surface area contributed by atoms with Crippen LogP contribution in [-0.4, -0.2) is 20.9 Å². The summed E-state index contributed by atoms with van der Waals surface area (Å²) in [7, 11) is -3.73. The van der Waals surface area contributed by atoms with Crippen molar-refractivity contribution in [3.8, 4) is 0 Å². The third kappa shape index (κ3) is 5.02. The zero-order valence-corrected chi connectivity index (χ0v) is 14.1. The Morgan fingerprint density at radius 3 is 2.52 bits per heavy atom. The number of carbonyl (C=O) groups is 1. The van der Waals surface area contributed by atoms with Gasteiger partial charge in [0.25, 0.3) is 0 Å². The second-order valence-electron chi connectivity index (χ2n) is 6.41. The molecule has 0 aromatic heterocycles. The smallest absolute Gasteiger partial charge is 0.238 e. The van der Waals surface area contributed by atoms with Gasteiger partial charge in [0.2, 0.25) is 15.9 Å². The number of carbonyl (C=O) groups excluding carboxylic acids is 1. The lowest BCUT2D eigenvalue weighted by molar-refractivity contribution is -0.124. The van der Waals surface area contributed by atoms with Gasteiger partial charge < -0.3 is 11.1 Å². The van der Waals surface area contributed by atoms with E-state index in [0.29, 0.717) is 18.5 Å². The van der Waals surface area contributed by atoms with Crippen LogP contribution in [0, 0.1) is 5.41 Å². The molecule has 0 unspecified atom stereocenters. The first-order valence-electron chi connectivity index (χ1n) is 7.93. The summed E-state index contributed by atoms with van der Waals surface area (Å²) in [6.07, 6.45) is 5.89. The van der Waals surface area contributed by atoms with Gasteiger partial charge in [-0.05, 0) is 42.5 Å². The molecule has 1 amide bonds. The van der Waals surface area contributed by atoms with Crippen molar-refractivity contribution in [1.29, 1.82) is 0 Å². The van der Waals surface area contributed by atoms with Crippen LogP contribution in [0.1, 0.15) is 44.1 Å². The van der Waals surface area contributed by atoms with E-state index < -0.39 is 10.0 Å². The maximum absolute atomic E-state index is 12.2. The number of benzene rings is 1. The Labute approximate surface area is 137 Å². The van der Waals surface area contributed by atoms with Gasteiger partial charge >= 0.3 is 0 Å². The first-order chi connectivity index (χ1) is 10.8. The third-order valence-corrected chi connectivity index (χ3v) is 5.51. The highest BCUT2D eigenvalue weighted by Gasteiger charge is 2.32. The molecule has 2 rings (SSSR count). The van der Waals surface area contributed by atoms with Gasteiger partial charge in [-0.15, -0.1) is 0 Å². The predicted octanol–water partition coefficient (Wildman–Crippen LogP) is 1.25. The molecule has 7 heteroatoms. The molecule has 0 aliphatic heterocycles. The molecule has 128 valence electrons. The summed E-state index contributed by atoms with van der Waals surface area (Å²) >= 11 is 0. The van der Waals surface area contributed by atoms with Crippen molar-refractivity contribution in [2.45, 2.75) is 50.0 Å². The van der Waals surface area contributed by atoms with Crippen LogP contribution in [0.3, 0.4) is 0 Å². The molecule has 5 N–H and O–H groups in total. The van der Waals surface area contributed by atoms with Crippen LogP contribution >= 0.6 is 0 Å². The van der Waals surface area contributed by atoms with Crippen LogP contribution < -0.4 is 16.2 Å². The first kappa shape index (κ1) is 17.9. The number of nitrogens with two attached hydrogens (primary N) is 2. The third-order valence-electron chi connectivity index (χ3n) is 4.60. The van der Waals surface area contributed by atoms with E-state index in [4.69, 9.17) is 10.9 Å². The van der Waals surface area contributed by atoms with Gasteiger partial charge in [-0.3, -0.25) is 4.79 Å². The molecular weight excluding hydrogens is 314 g/mol. The molecule has 0 spiro atoms. The largest absolute Gasteiger partial charge is 0.352 e. The van der Waals surface area contributed by atoms with Crippen LogP contribution in [0.5, 0.6) is 0 Å². The summed E-state index contributed by atoms with van der Waals surface area (Å²) in [6.45, 7) is 0.810.